The molecule has 3 rings (SSSR count). The van der Waals surface area contributed by atoms with Crippen LogP contribution in [-0.4, -0.2) is 28.8 Å². The fourth-order valence-corrected chi connectivity index (χ4v) is 3.13. The van der Waals surface area contributed by atoms with Crippen molar-refractivity contribution in [3.63, 3.8) is 0 Å². The molecule has 5 nitrogen and oxygen atoms in total. The van der Waals surface area contributed by atoms with Crippen LogP contribution in [-0.2, 0) is 6.54 Å². The van der Waals surface area contributed by atoms with Crippen molar-refractivity contribution in [1.29, 1.82) is 0 Å². The number of benzene rings is 1. The minimum atomic E-state index is -0.210. The van der Waals surface area contributed by atoms with Crippen molar-refractivity contribution in [3.05, 3.63) is 51.8 Å². The van der Waals surface area contributed by atoms with E-state index in [1.165, 1.54) is 0 Å². The van der Waals surface area contributed by atoms with E-state index in [9.17, 15) is 4.79 Å². The molecule has 24 heavy (non-hydrogen) atoms. The smallest absolute Gasteiger partial charge is 0.272 e. The van der Waals surface area contributed by atoms with Crippen molar-refractivity contribution in [3.8, 4) is 0 Å². The van der Waals surface area contributed by atoms with Gasteiger partial charge in [0.15, 0.2) is 0 Å². The van der Waals surface area contributed by atoms with Gasteiger partial charge in [-0.3, -0.25) is 9.48 Å². The zero-order valence-electron chi connectivity index (χ0n) is 13.0. The van der Waals surface area contributed by atoms with E-state index >= 15 is 0 Å². The van der Waals surface area contributed by atoms with Gasteiger partial charge < -0.3 is 10.6 Å². The molecule has 1 fully saturated rings. The van der Waals surface area contributed by atoms with Gasteiger partial charge in [-0.25, -0.2) is 0 Å². The third kappa shape index (κ3) is 4.63. The molecular weight excluding hydrogens is 371 g/mol. The summed E-state index contributed by atoms with van der Waals surface area (Å²) >= 11 is 12.0. The summed E-state index contributed by atoms with van der Waals surface area (Å²) in [6.07, 6.45) is 4.07. The van der Waals surface area contributed by atoms with Gasteiger partial charge >= 0.3 is 0 Å². The third-order valence-corrected chi connectivity index (χ3v) is 4.53. The van der Waals surface area contributed by atoms with Crippen molar-refractivity contribution in [2.75, 3.05) is 13.1 Å². The van der Waals surface area contributed by atoms with E-state index in [0.717, 1.165) is 31.5 Å². The summed E-state index contributed by atoms with van der Waals surface area (Å²) in [5, 5.41) is 11.7. The summed E-state index contributed by atoms with van der Waals surface area (Å²) in [6.45, 7) is 2.28. The van der Waals surface area contributed by atoms with Gasteiger partial charge in [-0.15, -0.1) is 12.4 Å². The molecule has 130 valence electrons. The molecule has 1 aliphatic heterocycles. The second-order valence-corrected chi connectivity index (χ2v) is 6.44. The monoisotopic (exact) mass is 388 g/mol. The van der Waals surface area contributed by atoms with Gasteiger partial charge in [0.05, 0.1) is 6.04 Å². The molecule has 0 radical (unpaired) electrons. The quantitative estimate of drug-likeness (QED) is 0.842. The topological polar surface area (TPSA) is 59.0 Å². The number of rotatable bonds is 4. The number of carbonyl (C=O) groups excluding carboxylic acids is 1. The number of hydrogen-bond donors (Lipinski definition) is 2. The summed E-state index contributed by atoms with van der Waals surface area (Å²) < 4.78 is 1.87. The number of nitrogens with zero attached hydrogens (tertiary/aromatic N) is 2. The van der Waals surface area contributed by atoms with Gasteiger partial charge in [0.2, 0.25) is 0 Å². The first-order valence-electron chi connectivity index (χ1n) is 7.61. The first-order valence-corrected chi connectivity index (χ1v) is 8.37. The van der Waals surface area contributed by atoms with Crippen LogP contribution in [0.25, 0.3) is 0 Å². The predicted molar refractivity (Wildman–Crippen MR) is 98.2 cm³/mol. The van der Waals surface area contributed by atoms with Crippen LogP contribution < -0.4 is 10.6 Å². The van der Waals surface area contributed by atoms with E-state index in [1.807, 2.05) is 10.9 Å². The second-order valence-electron chi connectivity index (χ2n) is 5.60. The first-order chi connectivity index (χ1) is 11.1. The molecule has 0 saturated carbocycles. The van der Waals surface area contributed by atoms with Gasteiger partial charge in [-0.2, -0.15) is 5.10 Å². The lowest BCUT2D eigenvalue weighted by atomic mass is 10.1. The molecule has 2 aromatic rings. The molecule has 1 aromatic heterocycles. The molecule has 1 amide bonds. The van der Waals surface area contributed by atoms with Crippen molar-refractivity contribution >= 4 is 41.5 Å². The van der Waals surface area contributed by atoms with Crippen LogP contribution in [0.2, 0.25) is 10.0 Å². The Morgan fingerprint density at radius 3 is 2.92 bits per heavy atom. The molecular formula is C16H19Cl3N4O. The van der Waals surface area contributed by atoms with Crippen LogP contribution in [0.5, 0.6) is 0 Å². The maximum atomic E-state index is 12.2. The summed E-state index contributed by atoms with van der Waals surface area (Å²) in [5.74, 6) is -0.210. The first kappa shape index (κ1) is 19.1. The number of nitrogens with one attached hydrogen (secondary N) is 2. The van der Waals surface area contributed by atoms with Crippen molar-refractivity contribution in [1.82, 2.24) is 20.4 Å². The van der Waals surface area contributed by atoms with Crippen LogP contribution in [0.4, 0.5) is 0 Å². The van der Waals surface area contributed by atoms with Crippen LogP contribution >= 0.6 is 35.6 Å². The minimum absolute atomic E-state index is 0. The molecule has 0 aliphatic carbocycles. The van der Waals surface area contributed by atoms with Gasteiger partial charge in [0.1, 0.15) is 5.69 Å². The number of piperidine rings is 1. The molecule has 8 heteroatoms. The van der Waals surface area contributed by atoms with Crippen LogP contribution in [0.1, 0.15) is 34.9 Å². The largest absolute Gasteiger partial charge is 0.347 e. The Bertz CT molecular complexity index is 698. The highest BCUT2D eigenvalue weighted by Gasteiger charge is 2.17. The normalized spacial score (nSPS) is 17.2. The maximum Gasteiger partial charge on any atom is 0.272 e. The molecule has 1 atom stereocenters. The highest BCUT2D eigenvalue weighted by Crippen LogP contribution is 2.21. The van der Waals surface area contributed by atoms with Crippen LogP contribution in [0, 0.1) is 0 Å². The molecule has 0 bridgehead atoms. The number of carbonyl (C=O) groups is 1. The average Bonchev–Trinajstić information content (AvgIpc) is 3.05. The van der Waals surface area contributed by atoms with Crippen molar-refractivity contribution in [2.24, 2.45) is 0 Å². The molecule has 2 N–H and O–H groups in total. The maximum absolute atomic E-state index is 12.2. The van der Waals surface area contributed by atoms with Gasteiger partial charge in [0.25, 0.3) is 5.91 Å². The molecule has 0 spiro atoms. The summed E-state index contributed by atoms with van der Waals surface area (Å²) in [7, 11) is 0. The molecule has 1 aromatic carbocycles. The fraction of sp³-hybridized carbons (Fsp3) is 0.375. The molecule has 2 heterocycles. The van der Waals surface area contributed by atoms with Gasteiger partial charge in [0, 0.05) is 29.3 Å². The second kappa shape index (κ2) is 8.72. The Hall–Kier alpha value is -1.27. The SMILES string of the molecule is Cl.O=C(NCc1ccc(Cl)cc1Cl)c1ccn(C2CCCNC2)n1. The summed E-state index contributed by atoms with van der Waals surface area (Å²) in [6, 6.07) is 7.27. The number of amides is 1. The highest BCUT2D eigenvalue weighted by atomic mass is 35.5. The van der Waals surface area contributed by atoms with Crippen molar-refractivity contribution in [2.45, 2.75) is 25.4 Å². The zero-order chi connectivity index (χ0) is 16.2. The van der Waals surface area contributed by atoms with E-state index in [-0.39, 0.29) is 18.3 Å². The molecule has 1 saturated heterocycles. The Labute approximate surface area is 157 Å². The van der Waals surface area contributed by atoms with E-state index < -0.39 is 0 Å². The zero-order valence-corrected chi connectivity index (χ0v) is 15.3. The fourth-order valence-electron chi connectivity index (χ4n) is 2.65. The Morgan fingerprint density at radius 1 is 1.38 bits per heavy atom. The van der Waals surface area contributed by atoms with Gasteiger partial charge in [-0.05, 0) is 43.1 Å². The predicted octanol–water partition coefficient (Wildman–Crippen LogP) is 3.47. The lowest BCUT2D eigenvalue weighted by molar-refractivity contribution is 0.0944. The van der Waals surface area contributed by atoms with Crippen LogP contribution in [0.15, 0.2) is 30.5 Å². The van der Waals surface area contributed by atoms with Crippen molar-refractivity contribution < 1.29 is 4.79 Å². The van der Waals surface area contributed by atoms with E-state index in [0.29, 0.717) is 28.3 Å². The lowest BCUT2D eigenvalue weighted by Crippen LogP contribution is -2.32. The number of halogens is 3. The molecule has 1 aliphatic rings. The highest BCUT2D eigenvalue weighted by molar-refractivity contribution is 6.35. The Kier molecular flexibility index (Phi) is 6.92. The summed E-state index contributed by atoms with van der Waals surface area (Å²) in [5.41, 5.74) is 1.24. The third-order valence-electron chi connectivity index (χ3n) is 3.94. The average molecular weight is 390 g/mol. The number of hydrogen-bond acceptors (Lipinski definition) is 3. The number of aromatic nitrogens is 2. The van der Waals surface area contributed by atoms with Gasteiger partial charge in [-0.1, -0.05) is 29.3 Å². The Morgan fingerprint density at radius 2 is 2.21 bits per heavy atom. The van der Waals surface area contributed by atoms with E-state index in [4.69, 9.17) is 23.2 Å². The summed E-state index contributed by atoms with van der Waals surface area (Å²) in [4.78, 5) is 12.2. The van der Waals surface area contributed by atoms with E-state index in [2.05, 4.69) is 15.7 Å². The van der Waals surface area contributed by atoms with E-state index in [1.54, 1.807) is 24.3 Å². The lowest BCUT2D eigenvalue weighted by Gasteiger charge is -2.22. The van der Waals surface area contributed by atoms with Crippen LogP contribution in [0.3, 0.4) is 0 Å². The molecule has 1 unspecified atom stereocenters. The Balaban J connectivity index is 0.00000208. The minimum Gasteiger partial charge on any atom is -0.347 e. The standard InChI is InChI=1S/C16H18Cl2N4O.ClH/c17-12-4-3-11(14(18)8-12)9-20-16(23)15-5-7-22(21-15)13-2-1-6-19-10-13;/h3-5,7-8,13,19H,1-2,6,9-10H2,(H,20,23);1H.